The minimum absolute atomic E-state index is 0.00633. The highest BCUT2D eigenvalue weighted by molar-refractivity contribution is 7.99. The van der Waals surface area contributed by atoms with E-state index in [1.165, 1.54) is 5.75 Å². The van der Waals surface area contributed by atoms with Gasteiger partial charge in [0.15, 0.2) is 0 Å². The van der Waals surface area contributed by atoms with Crippen molar-refractivity contribution in [3.8, 4) is 0 Å². The van der Waals surface area contributed by atoms with E-state index in [1.807, 2.05) is 30.8 Å². The summed E-state index contributed by atoms with van der Waals surface area (Å²) in [4.78, 5) is 0. The smallest absolute Gasteiger partial charge is 0.128 e. The first-order valence-electron chi connectivity index (χ1n) is 7.33. The van der Waals surface area contributed by atoms with Crippen molar-refractivity contribution in [3.63, 3.8) is 0 Å². The second kappa shape index (κ2) is 5.66. The van der Waals surface area contributed by atoms with E-state index in [1.54, 1.807) is 6.07 Å². The van der Waals surface area contributed by atoms with Gasteiger partial charge in [-0.2, -0.15) is 11.8 Å². The molecule has 1 aromatic carbocycles. The van der Waals surface area contributed by atoms with Gasteiger partial charge in [-0.1, -0.05) is 12.1 Å². The number of nitrogens with two attached hydrogens (primary N) is 1. The van der Waals surface area contributed by atoms with Crippen LogP contribution < -0.4 is 5.73 Å². The summed E-state index contributed by atoms with van der Waals surface area (Å²) in [5, 5.41) is 0. The molecule has 2 aliphatic heterocycles. The molecule has 0 radical (unpaired) electrons. The maximum Gasteiger partial charge on any atom is 0.128 e. The standard InChI is InChI=1S/C16H22FNOS/c1-11-2-3-13(14(17)8-11)15(18)12-4-6-19-16(9-12)5-7-20-10-16/h2-3,8,12,15H,4-7,9-10,18H2,1H3. The number of rotatable bonds is 2. The lowest BCUT2D eigenvalue weighted by Crippen LogP contribution is -2.42. The van der Waals surface area contributed by atoms with E-state index >= 15 is 0 Å². The minimum Gasteiger partial charge on any atom is -0.374 e. The molecule has 2 saturated heterocycles. The second-order valence-electron chi connectivity index (χ2n) is 6.14. The van der Waals surface area contributed by atoms with E-state index in [2.05, 4.69) is 0 Å². The van der Waals surface area contributed by atoms with Gasteiger partial charge in [0.25, 0.3) is 0 Å². The Morgan fingerprint density at radius 2 is 2.35 bits per heavy atom. The van der Waals surface area contributed by atoms with Gasteiger partial charge in [0.1, 0.15) is 5.82 Å². The van der Waals surface area contributed by atoms with Gasteiger partial charge < -0.3 is 10.5 Å². The summed E-state index contributed by atoms with van der Waals surface area (Å²) in [6.45, 7) is 2.66. The molecule has 0 amide bonds. The summed E-state index contributed by atoms with van der Waals surface area (Å²) in [7, 11) is 0. The van der Waals surface area contributed by atoms with Crippen molar-refractivity contribution < 1.29 is 9.13 Å². The van der Waals surface area contributed by atoms with Crippen LogP contribution in [0, 0.1) is 18.7 Å². The van der Waals surface area contributed by atoms with Gasteiger partial charge >= 0.3 is 0 Å². The second-order valence-corrected chi connectivity index (χ2v) is 7.24. The van der Waals surface area contributed by atoms with Crippen LogP contribution in [0.3, 0.4) is 0 Å². The van der Waals surface area contributed by atoms with E-state index in [0.717, 1.165) is 37.2 Å². The first kappa shape index (κ1) is 14.4. The zero-order chi connectivity index (χ0) is 14.2. The van der Waals surface area contributed by atoms with E-state index in [4.69, 9.17) is 10.5 Å². The average Bonchev–Trinajstić information content (AvgIpc) is 2.86. The molecule has 20 heavy (non-hydrogen) atoms. The third-order valence-corrected chi connectivity index (χ3v) is 5.84. The molecule has 2 aliphatic rings. The summed E-state index contributed by atoms with van der Waals surface area (Å²) < 4.78 is 20.1. The third kappa shape index (κ3) is 2.74. The first-order chi connectivity index (χ1) is 9.60. The lowest BCUT2D eigenvalue weighted by molar-refractivity contribution is -0.0835. The van der Waals surface area contributed by atoms with Crippen LogP contribution in [0.4, 0.5) is 4.39 Å². The molecule has 0 bridgehead atoms. The molecule has 2 heterocycles. The molecule has 3 rings (SSSR count). The molecule has 1 aromatic rings. The van der Waals surface area contributed by atoms with Gasteiger partial charge in [0.2, 0.25) is 0 Å². The van der Waals surface area contributed by atoms with Crippen LogP contribution in [0.1, 0.15) is 36.4 Å². The predicted molar refractivity (Wildman–Crippen MR) is 81.4 cm³/mol. The van der Waals surface area contributed by atoms with Crippen LogP contribution in [0.25, 0.3) is 0 Å². The van der Waals surface area contributed by atoms with Crippen molar-refractivity contribution in [2.24, 2.45) is 11.7 Å². The zero-order valence-electron chi connectivity index (χ0n) is 11.9. The number of hydrogen-bond acceptors (Lipinski definition) is 3. The number of aryl methyl sites for hydroxylation is 1. The summed E-state index contributed by atoms with van der Waals surface area (Å²) in [6, 6.07) is 5.15. The van der Waals surface area contributed by atoms with Crippen LogP contribution >= 0.6 is 11.8 Å². The molecule has 0 saturated carbocycles. The molecule has 0 aliphatic carbocycles. The van der Waals surface area contributed by atoms with Crippen molar-refractivity contribution >= 4 is 11.8 Å². The predicted octanol–water partition coefficient (Wildman–Crippen LogP) is 3.44. The van der Waals surface area contributed by atoms with Gasteiger partial charge in [-0.05, 0) is 49.5 Å². The van der Waals surface area contributed by atoms with Crippen LogP contribution in [-0.4, -0.2) is 23.7 Å². The number of thioether (sulfide) groups is 1. The van der Waals surface area contributed by atoms with E-state index in [9.17, 15) is 4.39 Å². The fraction of sp³-hybridized carbons (Fsp3) is 0.625. The van der Waals surface area contributed by atoms with Crippen LogP contribution in [0.2, 0.25) is 0 Å². The molecule has 110 valence electrons. The highest BCUT2D eigenvalue weighted by Gasteiger charge is 2.42. The highest BCUT2D eigenvalue weighted by Crippen LogP contribution is 2.43. The van der Waals surface area contributed by atoms with Crippen LogP contribution in [0.15, 0.2) is 18.2 Å². The van der Waals surface area contributed by atoms with Gasteiger partial charge in [0, 0.05) is 24.0 Å². The average molecular weight is 295 g/mol. The Balaban J connectivity index is 1.77. The van der Waals surface area contributed by atoms with E-state index < -0.39 is 0 Å². The summed E-state index contributed by atoms with van der Waals surface area (Å²) >= 11 is 1.95. The maximum atomic E-state index is 14.1. The molecule has 2 N–H and O–H groups in total. The number of hydrogen-bond donors (Lipinski definition) is 1. The molecule has 1 spiro atoms. The Labute approximate surface area is 124 Å². The number of benzene rings is 1. The van der Waals surface area contributed by atoms with Crippen LogP contribution in [0.5, 0.6) is 0 Å². The third-order valence-electron chi connectivity index (χ3n) is 4.62. The maximum absolute atomic E-state index is 14.1. The largest absolute Gasteiger partial charge is 0.374 e. The molecule has 3 atom stereocenters. The van der Waals surface area contributed by atoms with Crippen molar-refractivity contribution in [3.05, 3.63) is 35.1 Å². The Morgan fingerprint density at radius 1 is 1.50 bits per heavy atom. The fourth-order valence-corrected chi connectivity index (χ4v) is 4.77. The van der Waals surface area contributed by atoms with E-state index in [-0.39, 0.29) is 17.5 Å². The quantitative estimate of drug-likeness (QED) is 0.908. The molecular formula is C16H22FNOS. The van der Waals surface area contributed by atoms with Crippen molar-refractivity contribution in [2.75, 3.05) is 18.1 Å². The van der Waals surface area contributed by atoms with Crippen molar-refractivity contribution in [1.29, 1.82) is 0 Å². The molecule has 0 aromatic heterocycles. The Hall–Kier alpha value is -0.580. The van der Waals surface area contributed by atoms with Crippen LogP contribution in [-0.2, 0) is 4.74 Å². The lowest BCUT2D eigenvalue weighted by atomic mass is 9.79. The van der Waals surface area contributed by atoms with Crippen molar-refractivity contribution in [2.45, 2.75) is 37.8 Å². The SMILES string of the molecule is Cc1ccc(C(N)C2CCOC3(CCSC3)C2)c(F)c1. The van der Waals surface area contributed by atoms with Crippen molar-refractivity contribution in [1.82, 2.24) is 0 Å². The van der Waals surface area contributed by atoms with Gasteiger partial charge in [-0.3, -0.25) is 0 Å². The molecule has 2 fully saturated rings. The zero-order valence-corrected chi connectivity index (χ0v) is 12.7. The molecule has 3 unspecified atom stereocenters. The van der Waals surface area contributed by atoms with Gasteiger partial charge in [-0.25, -0.2) is 4.39 Å². The molecule has 2 nitrogen and oxygen atoms in total. The number of ether oxygens (including phenoxy) is 1. The van der Waals surface area contributed by atoms with E-state index in [0.29, 0.717) is 11.5 Å². The first-order valence-corrected chi connectivity index (χ1v) is 8.48. The number of halogens is 1. The Morgan fingerprint density at radius 3 is 3.05 bits per heavy atom. The van der Waals surface area contributed by atoms with Gasteiger partial charge in [0.05, 0.1) is 5.60 Å². The normalized spacial score (nSPS) is 31.6. The molecule has 4 heteroatoms. The highest BCUT2D eigenvalue weighted by atomic mass is 32.2. The van der Waals surface area contributed by atoms with Gasteiger partial charge in [-0.15, -0.1) is 0 Å². The summed E-state index contributed by atoms with van der Waals surface area (Å²) in [5.41, 5.74) is 7.97. The topological polar surface area (TPSA) is 35.2 Å². The Bertz CT molecular complexity index is 487. The minimum atomic E-state index is -0.220. The summed E-state index contributed by atoms with van der Waals surface area (Å²) in [5.74, 6) is 2.38. The lowest BCUT2D eigenvalue weighted by Gasteiger charge is -2.40. The monoisotopic (exact) mass is 295 g/mol. The molecular weight excluding hydrogens is 273 g/mol. The summed E-state index contributed by atoms with van der Waals surface area (Å²) in [6.07, 6.45) is 3.01. The Kier molecular flexibility index (Phi) is 4.07. The fourth-order valence-electron chi connectivity index (χ4n) is 3.39.